The van der Waals surface area contributed by atoms with Crippen LogP contribution in [0.4, 0.5) is 10.3 Å². The SMILES string of the molecule is COc1ccc(Cl)c2sc(N3CCN(c4nc5c(Cl)cccc5s4)CC3)nc12. The van der Waals surface area contributed by atoms with E-state index < -0.39 is 0 Å². The molecule has 3 heterocycles. The van der Waals surface area contributed by atoms with Gasteiger partial charge >= 0.3 is 0 Å². The van der Waals surface area contributed by atoms with Crippen molar-refractivity contribution in [2.45, 2.75) is 0 Å². The first-order chi connectivity index (χ1) is 13.6. The van der Waals surface area contributed by atoms with Crippen LogP contribution in [-0.2, 0) is 0 Å². The number of nitrogens with zero attached hydrogens (tertiary/aromatic N) is 4. The molecule has 1 saturated heterocycles. The summed E-state index contributed by atoms with van der Waals surface area (Å²) in [5, 5.41) is 3.42. The molecule has 0 saturated carbocycles. The molecule has 0 aliphatic carbocycles. The molecule has 2 aromatic heterocycles. The Morgan fingerprint density at radius 2 is 1.54 bits per heavy atom. The average molecular weight is 451 g/mol. The van der Waals surface area contributed by atoms with Crippen LogP contribution in [0.5, 0.6) is 5.75 Å². The van der Waals surface area contributed by atoms with Crippen LogP contribution in [0.15, 0.2) is 30.3 Å². The number of methoxy groups -OCH3 is 1. The van der Waals surface area contributed by atoms with Gasteiger partial charge in [-0.3, -0.25) is 0 Å². The van der Waals surface area contributed by atoms with Crippen molar-refractivity contribution in [2.24, 2.45) is 0 Å². The second kappa shape index (κ2) is 7.22. The minimum atomic E-state index is 0.707. The van der Waals surface area contributed by atoms with E-state index in [4.69, 9.17) is 37.9 Å². The monoisotopic (exact) mass is 450 g/mol. The molecular weight excluding hydrogens is 435 g/mol. The van der Waals surface area contributed by atoms with Crippen LogP contribution in [0.1, 0.15) is 0 Å². The molecule has 0 spiro atoms. The molecule has 5 rings (SSSR count). The molecule has 0 unspecified atom stereocenters. The highest BCUT2D eigenvalue weighted by Crippen LogP contribution is 2.39. The van der Waals surface area contributed by atoms with E-state index in [1.54, 1.807) is 29.8 Å². The predicted octanol–water partition coefficient (Wildman–Crippen LogP) is 5.55. The summed E-state index contributed by atoms with van der Waals surface area (Å²) >= 11 is 15.9. The molecule has 0 radical (unpaired) electrons. The van der Waals surface area contributed by atoms with Gasteiger partial charge in [-0.15, -0.1) is 0 Å². The quantitative estimate of drug-likeness (QED) is 0.409. The van der Waals surface area contributed by atoms with Crippen molar-refractivity contribution < 1.29 is 4.74 Å². The predicted molar refractivity (Wildman–Crippen MR) is 120 cm³/mol. The van der Waals surface area contributed by atoms with Gasteiger partial charge in [-0.05, 0) is 24.3 Å². The van der Waals surface area contributed by atoms with Gasteiger partial charge in [-0.25, -0.2) is 9.97 Å². The van der Waals surface area contributed by atoms with Crippen molar-refractivity contribution in [1.82, 2.24) is 9.97 Å². The Balaban J connectivity index is 1.37. The van der Waals surface area contributed by atoms with Gasteiger partial charge in [-0.1, -0.05) is 51.9 Å². The number of piperazine rings is 1. The number of thiazole rings is 2. The number of hydrogen-bond donors (Lipinski definition) is 0. The Labute approximate surface area is 180 Å². The van der Waals surface area contributed by atoms with Crippen LogP contribution in [0, 0.1) is 0 Å². The van der Waals surface area contributed by atoms with E-state index in [1.807, 2.05) is 24.3 Å². The van der Waals surface area contributed by atoms with Gasteiger partial charge in [0.2, 0.25) is 0 Å². The topological polar surface area (TPSA) is 41.5 Å². The van der Waals surface area contributed by atoms with Crippen molar-refractivity contribution >= 4 is 76.6 Å². The molecule has 1 fully saturated rings. The third-order valence-electron chi connectivity index (χ3n) is 4.85. The zero-order valence-corrected chi connectivity index (χ0v) is 18.1. The van der Waals surface area contributed by atoms with Gasteiger partial charge in [-0.2, -0.15) is 0 Å². The largest absolute Gasteiger partial charge is 0.494 e. The summed E-state index contributed by atoms with van der Waals surface area (Å²) < 4.78 is 7.53. The molecule has 0 N–H and O–H groups in total. The molecule has 0 atom stereocenters. The van der Waals surface area contributed by atoms with Crippen molar-refractivity contribution in [1.29, 1.82) is 0 Å². The third kappa shape index (κ3) is 3.06. The molecular formula is C19H16Cl2N4OS2. The molecule has 4 aromatic rings. The van der Waals surface area contributed by atoms with E-state index in [0.29, 0.717) is 10.0 Å². The zero-order valence-electron chi connectivity index (χ0n) is 15.0. The summed E-state index contributed by atoms with van der Waals surface area (Å²) in [5.41, 5.74) is 1.72. The third-order valence-corrected chi connectivity index (χ3v) is 7.81. The average Bonchev–Trinajstić information content (AvgIpc) is 3.35. The summed E-state index contributed by atoms with van der Waals surface area (Å²) in [6.07, 6.45) is 0. The van der Waals surface area contributed by atoms with Gasteiger partial charge in [0, 0.05) is 26.2 Å². The lowest BCUT2D eigenvalue weighted by Crippen LogP contribution is -2.46. The number of anilines is 2. The van der Waals surface area contributed by atoms with E-state index in [9.17, 15) is 0 Å². The molecule has 28 heavy (non-hydrogen) atoms. The lowest BCUT2D eigenvalue weighted by Gasteiger charge is -2.34. The fourth-order valence-corrected chi connectivity index (χ4v) is 5.99. The van der Waals surface area contributed by atoms with Crippen LogP contribution in [0.25, 0.3) is 20.4 Å². The van der Waals surface area contributed by atoms with E-state index in [0.717, 1.165) is 62.6 Å². The van der Waals surface area contributed by atoms with Gasteiger partial charge in [0.15, 0.2) is 10.3 Å². The number of halogens is 2. The fourth-order valence-electron chi connectivity index (χ4n) is 3.37. The standard InChI is InChI=1S/C19H16Cl2N4OS2/c1-26-13-6-5-12(21)17-16(13)23-19(28-17)25-9-7-24(8-10-25)18-22-15-11(20)3-2-4-14(15)27-18/h2-6H,7-10H2,1H3. The lowest BCUT2D eigenvalue weighted by atomic mass is 10.3. The molecule has 2 aromatic carbocycles. The number of aromatic nitrogens is 2. The van der Waals surface area contributed by atoms with Crippen LogP contribution >= 0.6 is 45.9 Å². The van der Waals surface area contributed by atoms with Gasteiger partial charge in [0.1, 0.15) is 16.8 Å². The van der Waals surface area contributed by atoms with Crippen LogP contribution in [0.2, 0.25) is 10.0 Å². The summed E-state index contributed by atoms with van der Waals surface area (Å²) in [5.74, 6) is 0.756. The van der Waals surface area contributed by atoms with Crippen LogP contribution in [0.3, 0.4) is 0 Å². The van der Waals surface area contributed by atoms with Gasteiger partial charge in [0.25, 0.3) is 0 Å². The molecule has 1 aliphatic heterocycles. The number of benzene rings is 2. The van der Waals surface area contributed by atoms with Gasteiger partial charge < -0.3 is 14.5 Å². The Morgan fingerprint density at radius 3 is 2.21 bits per heavy atom. The summed E-state index contributed by atoms with van der Waals surface area (Å²) in [7, 11) is 1.66. The number of rotatable bonds is 3. The molecule has 1 aliphatic rings. The first-order valence-electron chi connectivity index (χ1n) is 8.82. The highest BCUT2D eigenvalue weighted by molar-refractivity contribution is 7.23. The molecule has 144 valence electrons. The normalized spacial score (nSPS) is 15.0. The fraction of sp³-hybridized carbons (Fsp3) is 0.263. The second-order valence-electron chi connectivity index (χ2n) is 6.48. The van der Waals surface area contributed by atoms with Crippen LogP contribution < -0.4 is 14.5 Å². The van der Waals surface area contributed by atoms with Crippen LogP contribution in [-0.4, -0.2) is 43.3 Å². The van der Waals surface area contributed by atoms with Crippen molar-refractivity contribution in [3.05, 3.63) is 40.4 Å². The van der Waals surface area contributed by atoms with E-state index in [-0.39, 0.29) is 0 Å². The Morgan fingerprint density at radius 1 is 0.857 bits per heavy atom. The number of ether oxygens (including phenoxy) is 1. The van der Waals surface area contributed by atoms with Gasteiger partial charge in [0.05, 0.1) is 26.6 Å². The van der Waals surface area contributed by atoms with Crippen molar-refractivity contribution in [3.63, 3.8) is 0 Å². The first-order valence-corrected chi connectivity index (χ1v) is 11.2. The minimum Gasteiger partial charge on any atom is -0.494 e. The molecule has 0 bridgehead atoms. The van der Waals surface area contributed by atoms with E-state index in [1.165, 1.54) is 0 Å². The molecule has 0 amide bonds. The second-order valence-corrected chi connectivity index (χ2v) is 9.28. The van der Waals surface area contributed by atoms with E-state index >= 15 is 0 Å². The Hall–Kier alpha value is -1.80. The Bertz CT molecular complexity index is 1170. The molecule has 9 heteroatoms. The number of hydrogen-bond acceptors (Lipinski definition) is 7. The van der Waals surface area contributed by atoms with E-state index in [2.05, 4.69) is 15.9 Å². The highest BCUT2D eigenvalue weighted by atomic mass is 35.5. The minimum absolute atomic E-state index is 0.707. The number of fused-ring (bicyclic) bond motifs is 2. The number of para-hydroxylation sites is 1. The Kier molecular flexibility index (Phi) is 4.71. The first kappa shape index (κ1) is 18.2. The maximum atomic E-state index is 6.36. The zero-order chi connectivity index (χ0) is 19.3. The lowest BCUT2D eigenvalue weighted by molar-refractivity contribution is 0.419. The van der Waals surface area contributed by atoms with Crippen molar-refractivity contribution in [2.75, 3.05) is 43.1 Å². The van der Waals surface area contributed by atoms with Crippen molar-refractivity contribution in [3.8, 4) is 5.75 Å². The maximum Gasteiger partial charge on any atom is 0.186 e. The smallest absolute Gasteiger partial charge is 0.186 e. The summed E-state index contributed by atoms with van der Waals surface area (Å²) in [6, 6.07) is 9.65. The molecule has 5 nitrogen and oxygen atoms in total. The maximum absolute atomic E-state index is 6.36. The highest BCUT2D eigenvalue weighted by Gasteiger charge is 2.23. The summed E-state index contributed by atoms with van der Waals surface area (Å²) in [4.78, 5) is 14.2. The summed E-state index contributed by atoms with van der Waals surface area (Å²) in [6.45, 7) is 3.53.